The molecule has 2 unspecified atom stereocenters. The standard InChI is InChI=1S/C12H27NO3S/c1-10(2)17(14,15)9-6-11(3)12(4)13-7-8-16-5/h10-13H,6-9H2,1-5H3. The Labute approximate surface area is 106 Å². The molecule has 104 valence electrons. The normalized spacial score (nSPS) is 16.1. The van der Waals surface area contributed by atoms with Gasteiger partial charge in [0.05, 0.1) is 17.6 Å². The van der Waals surface area contributed by atoms with Gasteiger partial charge in [-0.15, -0.1) is 0 Å². The molecule has 17 heavy (non-hydrogen) atoms. The van der Waals surface area contributed by atoms with Gasteiger partial charge < -0.3 is 10.1 Å². The lowest BCUT2D eigenvalue weighted by atomic mass is 10.0. The zero-order chi connectivity index (χ0) is 13.5. The van der Waals surface area contributed by atoms with E-state index in [0.29, 0.717) is 25.0 Å². The van der Waals surface area contributed by atoms with Gasteiger partial charge in [-0.1, -0.05) is 6.92 Å². The SMILES string of the molecule is COCCNC(C)C(C)CCS(=O)(=O)C(C)C. The molecular formula is C12H27NO3S. The summed E-state index contributed by atoms with van der Waals surface area (Å²) < 4.78 is 28.3. The smallest absolute Gasteiger partial charge is 0.152 e. The molecule has 0 aliphatic rings. The van der Waals surface area contributed by atoms with Gasteiger partial charge in [-0.2, -0.15) is 0 Å². The van der Waals surface area contributed by atoms with Crippen LogP contribution in [0.1, 0.15) is 34.1 Å². The van der Waals surface area contributed by atoms with E-state index >= 15 is 0 Å². The molecule has 0 aromatic heterocycles. The predicted octanol–water partition coefficient (Wildman–Crippen LogP) is 1.46. The topological polar surface area (TPSA) is 55.4 Å². The second kappa shape index (κ2) is 8.06. The zero-order valence-corrected chi connectivity index (χ0v) is 12.5. The first-order valence-corrected chi connectivity index (χ1v) is 7.96. The Kier molecular flexibility index (Phi) is 8.00. The van der Waals surface area contributed by atoms with E-state index in [-0.39, 0.29) is 11.0 Å². The molecule has 0 aliphatic heterocycles. The summed E-state index contributed by atoms with van der Waals surface area (Å²) >= 11 is 0. The van der Waals surface area contributed by atoms with Crippen LogP contribution in [0.25, 0.3) is 0 Å². The Balaban J connectivity index is 3.97. The summed E-state index contributed by atoms with van der Waals surface area (Å²) in [5.41, 5.74) is 0. The van der Waals surface area contributed by atoms with E-state index < -0.39 is 9.84 Å². The van der Waals surface area contributed by atoms with Crippen molar-refractivity contribution in [3.05, 3.63) is 0 Å². The molecule has 2 atom stereocenters. The van der Waals surface area contributed by atoms with Gasteiger partial charge in [0.25, 0.3) is 0 Å². The average molecular weight is 265 g/mol. The van der Waals surface area contributed by atoms with Crippen LogP contribution in [-0.2, 0) is 14.6 Å². The second-order valence-corrected chi connectivity index (χ2v) is 7.59. The van der Waals surface area contributed by atoms with Gasteiger partial charge in [-0.3, -0.25) is 0 Å². The van der Waals surface area contributed by atoms with Gasteiger partial charge in [0.1, 0.15) is 0 Å². The lowest BCUT2D eigenvalue weighted by Crippen LogP contribution is -2.35. The molecule has 0 rings (SSSR count). The van der Waals surface area contributed by atoms with Crippen LogP contribution < -0.4 is 5.32 Å². The maximum Gasteiger partial charge on any atom is 0.152 e. The number of rotatable bonds is 9. The Morgan fingerprint density at radius 3 is 2.24 bits per heavy atom. The van der Waals surface area contributed by atoms with E-state index in [2.05, 4.69) is 19.2 Å². The lowest BCUT2D eigenvalue weighted by molar-refractivity contribution is 0.192. The van der Waals surface area contributed by atoms with E-state index in [1.54, 1.807) is 21.0 Å². The molecule has 0 aliphatic carbocycles. The van der Waals surface area contributed by atoms with E-state index in [1.165, 1.54) is 0 Å². The van der Waals surface area contributed by atoms with Crippen molar-refractivity contribution in [2.24, 2.45) is 5.92 Å². The summed E-state index contributed by atoms with van der Waals surface area (Å²) in [6.07, 6.45) is 0.710. The van der Waals surface area contributed by atoms with Gasteiger partial charge in [0, 0.05) is 19.7 Å². The molecule has 0 radical (unpaired) electrons. The lowest BCUT2D eigenvalue weighted by Gasteiger charge is -2.21. The molecule has 0 saturated heterocycles. The second-order valence-electron chi connectivity index (χ2n) is 4.92. The maximum absolute atomic E-state index is 11.7. The highest BCUT2D eigenvalue weighted by Crippen LogP contribution is 2.12. The number of methoxy groups -OCH3 is 1. The van der Waals surface area contributed by atoms with Crippen molar-refractivity contribution >= 4 is 9.84 Å². The molecule has 0 heterocycles. The first-order valence-electron chi connectivity index (χ1n) is 6.25. The first-order chi connectivity index (χ1) is 7.81. The fourth-order valence-electron chi connectivity index (χ4n) is 1.43. The highest BCUT2D eigenvalue weighted by atomic mass is 32.2. The van der Waals surface area contributed by atoms with E-state index in [9.17, 15) is 8.42 Å². The molecule has 0 bridgehead atoms. The van der Waals surface area contributed by atoms with E-state index in [0.717, 1.165) is 6.54 Å². The van der Waals surface area contributed by atoms with Crippen LogP contribution >= 0.6 is 0 Å². The van der Waals surface area contributed by atoms with Crippen molar-refractivity contribution in [2.75, 3.05) is 26.0 Å². The molecule has 0 aromatic rings. The zero-order valence-electron chi connectivity index (χ0n) is 11.7. The van der Waals surface area contributed by atoms with Gasteiger partial charge in [0.2, 0.25) is 0 Å². The third-order valence-electron chi connectivity index (χ3n) is 3.20. The molecule has 1 N–H and O–H groups in total. The number of hydrogen-bond acceptors (Lipinski definition) is 4. The number of sulfone groups is 1. The van der Waals surface area contributed by atoms with Crippen molar-refractivity contribution in [2.45, 2.75) is 45.4 Å². The van der Waals surface area contributed by atoms with E-state index in [1.807, 2.05) is 0 Å². The molecule has 0 spiro atoms. The largest absolute Gasteiger partial charge is 0.383 e. The molecule has 4 nitrogen and oxygen atoms in total. The van der Waals surface area contributed by atoms with Crippen LogP contribution in [0.15, 0.2) is 0 Å². The first kappa shape index (κ1) is 16.9. The summed E-state index contributed by atoms with van der Waals surface area (Å²) in [5.74, 6) is 0.627. The Morgan fingerprint density at radius 2 is 1.76 bits per heavy atom. The van der Waals surface area contributed by atoms with Gasteiger partial charge in [-0.05, 0) is 33.1 Å². The van der Waals surface area contributed by atoms with Gasteiger partial charge in [-0.25, -0.2) is 8.42 Å². The molecule has 0 aromatic carbocycles. The van der Waals surface area contributed by atoms with E-state index in [4.69, 9.17) is 4.74 Å². The number of ether oxygens (including phenoxy) is 1. The average Bonchev–Trinajstić information content (AvgIpc) is 2.26. The highest BCUT2D eigenvalue weighted by molar-refractivity contribution is 7.91. The van der Waals surface area contributed by atoms with Gasteiger partial charge in [0.15, 0.2) is 9.84 Å². The monoisotopic (exact) mass is 265 g/mol. The van der Waals surface area contributed by atoms with Crippen LogP contribution in [-0.4, -0.2) is 45.7 Å². The Hall–Kier alpha value is -0.130. The molecule has 5 heteroatoms. The summed E-state index contributed by atoms with van der Waals surface area (Å²) in [6.45, 7) is 9.13. The maximum atomic E-state index is 11.7. The van der Waals surface area contributed by atoms with Crippen molar-refractivity contribution in [1.29, 1.82) is 0 Å². The van der Waals surface area contributed by atoms with Crippen LogP contribution in [0.5, 0.6) is 0 Å². The quantitative estimate of drug-likeness (QED) is 0.641. The Morgan fingerprint density at radius 1 is 1.18 bits per heavy atom. The third kappa shape index (κ3) is 7.01. The van der Waals surface area contributed by atoms with Crippen LogP contribution in [0, 0.1) is 5.92 Å². The highest BCUT2D eigenvalue weighted by Gasteiger charge is 2.19. The summed E-state index contributed by atoms with van der Waals surface area (Å²) in [5, 5.41) is 3.06. The summed E-state index contributed by atoms with van der Waals surface area (Å²) in [6, 6.07) is 0.313. The van der Waals surface area contributed by atoms with Crippen LogP contribution in [0.3, 0.4) is 0 Å². The molecule has 0 amide bonds. The van der Waals surface area contributed by atoms with Crippen molar-refractivity contribution in [3.8, 4) is 0 Å². The summed E-state index contributed by atoms with van der Waals surface area (Å²) in [4.78, 5) is 0. The molecule has 0 fully saturated rings. The van der Waals surface area contributed by atoms with Gasteiger partial charge >= 0.3 is 0 Å². The molecule has 0 saturated carbocycles. The fraction of sp³-hybridized carbons (Fsp3) is 1.00. The minimum absolute atomic E-state index is 0.272. The van der Waals surface area contributed by atoms with Crippen molar-refractivity contribution < 1.29 is 13.2 Å². The summed E-state index contributed by atoms with van der Waals surface area (Å²) in [7, 11) is -1.23. The fourth-order valence-corrected chi connectivity index (χ4v) is 2.60. The van der Waals surface area contributed by atoms with Crippen molar-refractivity contribution in [3.63, 3.8) is 0 Å². The third-order valence-corrected chi connectivity index (χ3v) is 5.44. The minimum Gasteiger partial charge on any atom is -0.383 e. The number of nitrogens with one attached hydrogen (secondary N) is 1. The molecular weight excluding hydrogens is 238 g/mol. The van der Waals surface area contributed by atoms with Crippen LogP contribution in [0.2, 0.25) is 0 Å². The Bertz CT molecular complexity index is 288. The van der Waals surface area contributed by atoms with Crippen LogP contribution in [0.4, 0.5) is 0 Å². The van der Waals surface area contributed by atoms with Crippen molar-refractivity contribution in [1.82, 2.24) is 5.32 Å². The number of hydrogen-bond donors (Lipinski definition) is 1. The predicted molar refractivity (Wildman–Crippen MR) is 72.0 cm³/mol. The minimum atomic E-state index is -2.90.